The molecular weight excluding hydrogens is 160 g/mol. The van der Waals surface area contributed by atoms with Crippen molar-refractivity contribution in [3.8, 4) is 0 Å². The van der Waals surface area contributed by atoms with Crippen molar-refractivity contribution in [2.45, 2.75) is 26.5 Å². The van der Waals surface area contributed by atoms with Crippen molar-refractivity contribution in [1.29, 1.82) is 0 Å². The van der Waals surface area contributed by atoms with Crippen LogP contribution in [0, 0.1) is 6.92 Å². The van der Waals surface area contributed by atoms with E-state index in [-0.39, 0.29) is 12.6 Å². The Balaban J connectivity index is 2.97. The average molecular weight is 172 g/mol. The monoisotopic (exact) mass is 172 g/mol. The van der Waals surface area contributed by atoms with Gasteiger partial charge in [0.05, 0.1) is 12.3 Å². The molecule has 11 heavy (non-hydrogen) atoms. The minimum atomic E-state index is 0.0121. The first-order valence-electron chi connectivity index (χ1n) is 3.47. The molecule has 1 aromatic rings. The fourth-order valence-corrected chi connectivity index (χ4v) is 1.84. The van der Waals surface area contributed by atoms with E-state index in [0.29, 0.717) is 0 Å². The second kappa shape index (κ2) is 3.30. The Hall–Kier alpha value is -0.450. The topological polar surface area (TPSA) is 59.1 Å². The summed E-state index contributed by atoms with van der Waals surface area (Å²) in [5.74, 6) is 0. The van der Waals surface area contributed by atoms with E-state index in [0.717, 1.165) is 15.6 Å². The number of nitrogens with two attached hydrogens (primary N) is 1. The van der Waals surface area contributed by atoms with Crippen LogP contribution in [-0.4, -0.2) is 10.1 Å². The van der Waals surface area contributed by atoms with Crippen LogP contribution < -0.4 is 5.73 Å². The highest BCUT2D eigenvalue weighted by atomic mass is 32.1. The van der Waals surface area contributed by atoms with Crippen molar-refractivity contribution in [1.82, 2.24) is 4.98 Å². The van der Waals surface area contributed by atoms with E-state index in [4.69, 9.17) is 10.8 Å². The van der Waals surface area contributed by atoms with Gasteiger partial charge in [-0.3, -0.25) is 0 Å². The van der Waals surface area contributed by atoms with Crippen molar-refractivity contribution in [2.75, 3.05) is 0 Å². The number of rotatable bonds is 2. The lowest BCUT2D eigenvalue weighted by atomic mass is 10.2. The van der Waals surface area contributed by atoms with Gasteiger partial charge in [0, 0.05) is 10.9 Å². The first kappa shape index (κ1) is 8.64. The summed E-state index contributed by atoms with van der Waals surface area (Å²) >= 11 is 1.48. The maximum absolute atomic E-state index is 8.76. The minimum absolute atomic E-state index is 0.0121. The van der Waals surface area contributed by atoms with E-state index in [1.807, 2.05) is 13.8 Å². The van der Waals surface area contributed by atoms with Gasteiger partial charge in [0.2, 0.25) is 0 Å². The number of aliphatic hydroxyl groups is 1. The summed E-state index contributed by atoms with van der Waals surface area (Å²) < 4.78 is 0. The third kappa shape index (κ3) is 1.77. The van der Waals surface area contributed by atoms with Gasteiger partial charge in [-0.05, 0) is 13.8 Å². The SMILES string of the molecule is Cc1nc(CO)sc1C(C)N. The van der Waals surface area contributed by atoms with Gasteiger partial charge in [-0.25, -0.2) is 4.98 Å². The molecule has 1 unspecified atom stereocenters. The van der Waals surface area contributed by atoms with E-state index in [1.54, 1.807) is 0 Å². The third-order valence-corrected chi connectivity index (χ3v) is 2.77. The van der Waals surface area contributed by atoms with Crippen molar-refractivity contribution in [2.24, 2.45) is 5.73 Å². The zero-order valence-corrected chi connectivity index (χ0v) is 7.48. The summed E-state index contributed by atoms with van der Waals surface area (Å²) in [7, 11) is 0. The van der Waals surface area contributed by atoms with E-state index in [2.05, 4.69) is 4.98 Å². The van der Waals surface area contributed by atoms with Crippen LogP contribution in [0.5, 0.6) is 0 Å². The Morgan fingerprint density at radius 1 is 1.73 bits per heavy atom. The number of aryl methyl sites for hydroxylation is 1. The molecule has 0 fully saturated rings. The molecule has 3 nitrogen and oxygen atoms in total. The molecule has 0 aliphatic rings. The summed E-state index contributed by atoms with van der Waals surface area (Å²) in [6.45, 7) is 3.84. The normalized spacial score (nSPS) is 13.5. The molecule has 0 radical (unpaired) electrons. The predicted molar refractivity (Wildman–Crippen MR) is 45.4 cm³/mol. The lowest BCUT2D eigenvalue weighted by Crippen LogP contribution is -2.03. The van der Waals surface area contributed by atoms with Gasteiger partial charge in [0.15, 0.2) is 0 Å². The van der Waals surface area contributed by atoms with Gasteiger partial charge in [-0.1, -0.05) is 0 Å². The summed E-state index contributed by atoms with van der Waals surface area (Å²) in [5.41, 5.74) is 6.61. The van der Waals surface area contributed by atoms with E-state index in [1.165, 1.54) is 11.3 Å². The van der Waals surface area contributed by atoms with Crippen molar-refractivity contribution < 1.29 is 5.11 Å². The molecule has 1 heterocycles. The number of thiazole rings is 1. The molecular formula is C7H12N2OS. The Labute approximate surface area is 69.9 Å². The molecule has 1 aromatic heterocycles. The molecule has 4 heteroatoms. The van der Waals surface area contributed by atoms with Crippen LogP contribution >= 0.6 is 11.3 Å². The zero-order valence-electron chi connectivity index (χ0n) is 6.66. The Bertz CT molecular complexity index is 245. The van der Waals surface area contributed by atoms with Crippen LogP contribution in [0.15, 0.2) is 0 Å². The quantitative estimate of drug-likeness (QED) is 0.698. The van der Waals surface area contributed by atoms with Gasteiger partial charge < -0.3 is 10.8 Å². The largest absolute Gasteiger partial charge is 0.389 e. The molecule has 0 saturated heterocycles. The number of aromatic nitrogens is 1. The van der Waals surface area contributed by atoms with Crippen LogP contribution in [0.3, 0.4) is 0 Å². The van der Waals surface area contributed by atoms with Crippen LogP contribution in [-0.2, 0) is 6.61 Å². The highest BCUT2D eigenvalue weighted by molar-refractivity contribution is 7.11. The highest BCUT2D eigenvalue weighted by Gasteiger charge is 2.09. The fraction of sp³-hybridized carbons (Fsp3) is 0.571. The summed E-state index contributed by atoms with van der Waals surface area (Å²) in [6, 6.07) is 0.0211. The van der Waals surface area contributed by atoms with Crippen molar-refractivity contribution >= 4 is 11.3 Å². The fourth-order valence-electron chi connectivity index (χ4n) is 0.956. The van der Waals surface area contributed by atoms with Crippen LogP contribution in [0.25, 0.3) is 0 Å². The summed E-state index contributed by atoms with van der Waals surface area (Å²) in [6.07, 6.45) is 0. The molecule has 1 rings (SSSR count). The second-order valence-electron chi connectivity index (χ2n) is 2.50. The highest BCUT2D eigenvalue weighted by Crippen LogP contribution is 2.22. The number of hydrogen-bond donors (Lipinski definition) is 2. The molecule has 0 spiro atoms. The minimum Gasteiger partial charge on any atom is -0.389 e. The molecule has 62 valence electrons. The Morgan fingerprint density at radius 3 is 2.64 bits per heavy atom. The van der Waals surface area contributed by atoms with Crippen LogP contribution in [0.4, 0.5) is 0 Å². The summed E-state index contributed by atoms with van der Waals surface area (Å²) in [4.78, 5) is 5.20. The van der Waals surface area contributed by atoms with E-state index in [9.17, 15) is 0 Å². The smallest absolute Gasteiger partial charge is 0.119 e. The number of hydrogen-bond acceptors (Lipinski definition) is 4. The molecule has 1 atom stereocenters. The standard InChI is InChI=1S/C7H12N2OS/c1-4(8)7-5(2)9-6(3-10)11-7/h4,10H,3,8H2,1-2H3. The molecule has 0 amide bonds. The van der Waals surface area contributed by atoms with Gasteiger partial charge in [-0.2, -0.15) is 0 Å². The van der Waals surface area contributed by atoms with E-state index >= 15 is 0 Å². The third-order valence-electron chi connectivity index (χ3n) is 1.43. The number of nitrogens with zero attached hydrogens (tertiary/aromatic N) is 1. The van der Waals surface area contributed by atoms with Crippen LogP contribution in [0.1, 0.15) is 28.5 Å². The molecule has 0 aliphatic carbocycles. The van der Waals surface area contributed by atoms with Gasteiger partial charge in [0.25, 0.3) is 0 Å². The molecule has 0 bridgehead atoms. The van der Waals surface area contributed by atoms with Gasteiger partial charge >= 0.3 is 0 Å². The maximum atomic E-state index is 8.76. The molecule has 0 aliphatic heterocycles. The molecule has 0 saturated carbocycles. The molecule has 3 N–H and O–H groups in total. The lowest BCUT2D eigenvalue weighted by molar-refractivity contribution is 0.281. The van der Waals surface area contributed by atoms with Crippen molar-refractivity contribution in [3.05, 3.63) is 15.6 Å². The summed E-state index contributed by atoms with van der Waals surface area (Å²) in [5, 5.41) is 9.51. The average Bonchev–Trinajstić information content (AvgIpc) is 2.30. The molecule has 0 aromatic carbocycles. The first-order valence-corrected chi connectivity index (χ1v) is 4.29. The predicted octanol–water partition coefficient (Wildman–Crippen LogP) is 0.964. The number of aliphatic hydroxyl groups excluding tert-OH is 1. The van der Waals surface area contributed by atoms with Crippen molar-refractivity contribution in [3.63, 3.8) is 0 Å². The Kier molecular flexibility index (Phi) is 2.59. The van der Waals surface area contributed by atoms with Crippen LogP contribution in [0.2, 0.25) is 0 Å². The van der Waals surface area contributed by atoms with E-state index < -0.39 is 0 Å². The lowest BCUT2D eigenvalue weighted by Gasteiger charge is -1.99. The zero-order chi connectivity index (χ0) is 8.43. The van der Waals surface area contributed by atoms with Gasteiger partial charge in [0.1, 0.15) is 5.01 Å². The maximum Gasteiger partial charge on any atom is 0.119 e. The van der Waals surface area contributed by atoms with Gasteiger partial charge in [-0.15, -0.1) is 11.3 Å². The Morgan fingerprint density at radius 2 is 2.36 bits per heavy atom. The first-order chi connectivity index (χ1) is 5.15. The second-order valence-corrected chi connectivity index (χ2v) is 3.62.